The third kappa shape index (κ3) is 3.38. The number of nitrogens with one attached hydrogen (secondary N) is 1. The molecule has 1 N–H and O–H groups in total. The first kappa shape index (κ1) is 12.8. The first-order chi connectivity index (χ1) is 7.71. The maximum absolute atomic E-state index is 5.69. The van der Waals surface area contributed by atoms with Crippen LogP contribution in [0.3, 0.4) is 0 Å². The maximum Gasteiger partial charge on any atom is 0.120 e. The molecule has 90 valence electrons. The summed E-state index contributed by atoms with van der Waals surface area (Å²) in [5.41, 5.74) is 1.16. The highest BCUT2D eigenvalue weighted by atomic mass is 16.5. The van der Waals surface area contributed by atoms with Crippen molar-refractivity contribution in [1.82, 2.24) is 10.2 Å². The minimum atomic E-state index is 0.742. The number of rotatable bonds is 1. The number of aliphatic imine (C=N–C) groups is 1. The molecule has 1 aliphatic rings. The predicted molar refractivity (Wildman–Crippen MR) is 67.7 cm³/mol. The Labute approximate surface area is 97.7 Å². The van der Waals surface area contributed by atoms with Gasteiger partial charge < -0.3 is 10.1 Å². The largest absolute Gasteiger partial charge is 0.492 e. The van der Waals surface area contributed by atoms with Crippen LogP contribution in [0.2, 0.25) is 0 Å². The van der Waals surface area contributed by atoms with Crippen molar-refractivity contribution >= 4 is 5.84 Å². The highest BCUT2D eigenvalue weighted by molar-refractivity contribution is 5.93. The zero-order valence-electron chi connectivity index (χ0n) is 10.6. The fourth-order valence-electron chi connectivity index (χ4n) is 1.65. The topological polar surface area (TPSA) is 36.9 Å². The third-order valence-corrected chi connectivity index (χ3v) is 2.56. The highest BCUT2D eigenvalue weighted by Crippen LogP contribution is 2.16. The second kappa shape index (κ2) is 6.33. The summed E-state index contributed by atoms with van der Waals surface area (Å²) < 4.78 is 5.69. The Hall–Kier alpha value is -1.29. The zero-order valence-corrected chi connectivity index (χ0v) is 10.6. The fraction of sp³-hybridized carbons (Fsp3) is 0.583. The van der Waals surface area contributed by atoms with E-state index in [0.29, 0.717) is 0 Å². The van der Waals surface area contributed by atoms with Crippen molar-refractivity contribution in [2.75, 3.05) is 40.8 Å². The van der Waals surface area contributed by atoms with Crippen molar-refractivity contribution < 1.29 is 4.74 Å². The van der Waals surface area contributed by atoms with Gasteiger partial charge >= 0.3 is 0 Å². The number of ether oxygens (including phenoxy) is 1. The molecule has 0 aliphatic carbocycles. The van der Waals surface area contributed by atoms with E-state index in [1.54, 1.807) is 7.05 Å². The summed E-state index contributed by atoms with van der Waals surface area (Å²) in [4.78, 5) is 6.39. The van der Waals surface area contributed by atoms with E-state index in [9.17, 15) is 0 Å². The first-order valence-electron chi connectivity index (χ1n) is 5.54. The molecule has 0 spiro atoms. The lowest BCUT2D eigenvalue weighted by Gasteiger charge is -2.13. The van der Waals surface area contributed by atoms with Crippen molar-refractivity contribution in [2.24, 2.45) is 4.99 Å². The predicted octanol–water partition coefficient (Wildman–Crippen LogP) is 1.03. The molecule has 1 aliphatic heterocycles. The number of likely N-dealkylation sites (N-methyl/N-ethyl adjacent to an activating group) is 2. The molecule has 0 aromatic carbocycles. The summed E-state index contributed by atoms with van der Waals surface area (Å²) in [5, 5.41) is 3.05. The molecule has 0 bridgehead atoms. The quantitative estimate of drug-likeness (QED) is 0.533. The summed E-state index contributed by atoms with van der Waals surface area (Å²) in [5.74, 6) is 1.83. The molecule has 1 fully saturated rings. The van der Waals surface area contributed by atoms with Crippen LogP contribution in [0.4, 0.5) is 0 Å². The van der Waals surface area contributed by atoms with Crippen molar-refractivity contribution in [3.05, 3.63) is 23.5 Å². The molecule has 4 nitrogen and oxygen atoms in total. The van der Waals surface area contributed by atoms with Gasteiger partial charge in [-0.2, -0.15) is 0 Å². The Morgan fingerprint density at radius 1 is 1.56 bits per heavy atom. The first-order valence-corrected chi connectivity index (χ1v) is 5.54. The summed E-state index contributed by atoms with van der Waals surface area (Å²) in [7, 11) is 5.74. The molecule has 0 saturated carbocycles. The SMILES string of the molecule is CC=C1OCCN(C)C/C1=C/C(=N\C)NC. The average molecular weight is 223 g/mol. The number of hydrogen-bond donors (Lipinski definition) is 1. The molecular formula is C12H21N3O. The zero-order chi connectivity index (χ0) is 12.0. The molecule has 0 amide bonds. The lowest BCUT2D eigenvalue weighted by molar-refractivity contribution is 0.207. The third-order valence-electron chi connectivity index (χ3n) is 2.56. The Morgan fingerprint density at radius 2 is 2.31 bits per heavy atom. The molecule has 1 rings (SSSR count). The van der Waals surface area contributed by atoms with E-state index in [0.717, 1.165) is 36.9 Å². The van der Waals surface area contributed by atoms with Gasteiger partial charge in [0.05, 0.1) is 0 Å². The molecule has 4 heteroatoms. The van der Waals surface area contributed by atoms with E-state index in [2.05, 4.69) is 22.3 Å². The van der Waals surface area contributed by atoms with Gasteiger partial charge in [-0.25, -0.2) is 0 Å². The van der Waals surface area contributed by atoms with Crippen LogP contribution in [0.15, 0.2) is 28.5 Å². The van der Waals surface area contributed by atoms with Crippen LogP contribution >= 0.6 is 0 Å². The molecule has 1 heterocycles. The van der Waals surface area contributed by atoms with E-state index in [1.807, 2.05) is 26.1 Å². The second-order valence-corrected chi connectivity index (χ2v) is 3.77. The van der Waals surface area contributed by atoms with Crippen LogP contribution in [0.25, 0.3) is 0 Å². The summed E-state index contributed by atoms with van der Waals surface area (Å²) >= 11 is 0. The smallest absolute Gasteiger partial charge is 0.120 e. The van der Waals surface area contributed by atoms with Crippen LogP contribution in [-0.4, -0.2) is 51.6 Å². The van der Waals surface area contributed by atoms with Gasteiger partial charge in [0.2, 0.25) is 0 Å². The highest BCUT2D eigenvalue weighted by Gasteiger charge is 2.14. The van der Waals surface area contributed by atoms with Gasteiger partial charge in [0.1, 0.15) is 18.2 Å². The van der Waals surface area contributed by atoms with Crippen molar-refractivity contribution in [3.8, 4) is 0 Å². The minimum absolute atomic E-state index is 0.742. The van der Waals surface area contributed by atoms with Crippen molar-refractivity contribution in [3.63, 3.8) is 0 Å². The van der Waals surface area contributed by atoms with Crippen molar-refractivity contribution in [1.29, 1.82) is 0 Å². The molecular weight excluding hydrogens is 202 g/mol. The van der Waals surface area contributed by atoms with E-state index < -0.39 is 0 Å². The monoisotopic (exact) mass is 223 g/mol. The number of hydrogen-bond acceptors (Lipinski definition) is 3. The molecule has 16 heavy (non-hydrogen) atoms. The summed E-state index contributed by atoms with van der Waals surface area (Å²) in [6.45, 7) is 4.58. The van der Waals surface area contributed by atoms with Crippen LogP contribution in [0.5, 0.6) is 0 Å². The lowest BCUT2D eigenvalue weighted by atomic mass is 10.2. The Morgan fingerprint density at radius 3 is 2.88 bits per heavy atom. The minimum Gasteiger partial charge on any atom is -0.492 e. The van der Waals surface area contributed by atoms with Crippen molar-refractivity contribution in [2.45, 2.75) is 6.92 Å². The van der Waals surface area contributed by atoms with Crippen LogP contribution < -0.4 is 5.32 Å². The number of nitrogens with zero attached hydrogens (tertiary/aromatic N) is 2. The van der Waals surface area contributed by atoms with Gasteiger partial charge in [-0.15, -0.1) is 0 Å². The lowest BCUT2D eigenvalue weighted by Crippen LogP contribution is -2.23. The number of allylic oxidation sites excluding steroid dienone is 1. The van der Waals surface area contributed by atoms with Crippen LogP contribution in [0.1, 0.15) is 6.92 Å². The summed E-state index contributed by atoms with van der Waals surface area (Å²) in [6.07, 6.45) is 4.05. The van der Waals surface area contributed by atoms with E-state index in [1.165, 1.54) is 0 Å². The molecule has 0 atom stereocenters. The van der Waals surface area contributed by atoms with E-state index >= 15 is 0 Å². The molecule has 0 radical (unpaired) electrons. The van der Waals surface area contributed by atoms with Gasteiger partial charge in [0.15, 0.2) is 0 Å². The fourth-order valence-corrected chi connectivity index (χ4v) is 1.65. The Balaban J connectivity index is 2.95. The van der Waals surface area contributed by atoms with Gasteiger partial charge in [0.25, 0.3) is 0 Å². The van der Waals surface area contributed by atoms with Crippen LogP contribution in [-0.2, 0) is 4.74 Å². The summed E-state index contributed by atoms with van der Waals surface area (Å²) in [6, 6.07) is 0. The normalized spacial score (nSPS) is 24.4. The van der Waals surface area contributed by atoms with E-state index in [-0.39, 0.29) is 0 Å². The van der Waals surface area contributed by atoms with Gasteiger partial charge in [0, 0.05) is 32.8 Å². The molecule has 0 aromatic rings. The second-order valence-electron chi connectivity index (χ2n) is 3.77. The van der Waals surface area contributed by atoms with Gasteiger partial charge in [-0.3, -0.25) is 9.89 Å². The van der Waals surface area contributed by atoms with Gasteiger partial charge in [-0.1, -0.05) is 0 Å². The van der Waals surface area contributed by atoms with E-state index in [4.69, 9.17) is 4.74 Å². The standard InChI is InChI=1S/C12H21N3O/c1-5-11-10(8-12(13-2)14-3)9-15(4)6-7-16-11/h5,8H,6-7,9H2,1-4H3,(H,13,14)/b10-8-,11-5?. The Bertz CT molecular complexity index is 318. The molecule has 1 saturated heterocycles. The van der Waals surface area contributed by atoms with Crippen LogP contribution in [0, 0.1) is 0 Å². The van der Waals surface area contributed by atoms with Gasteiger partial charge in [-0.05, 0) is 26.1 Å². The molecule has 0 unspecified atom stereocenters. The Kier molecular flexibility index (Phi) is 5.05. The average Bonchev–Trinajstić information content (AvgIpc) is 2.47. The maximum atomic E-state index is 5.69. The molecule has 0 aromatic heterocycles. The number of amidine groups is 1.